The zero-order chi connectivity index (χ0) is 22.9. The van der Waals surface area contributed by atoms with Crippen molar-refractivity contribution in [2.75, 3.05) is 5.32 Å². The zero-order valence-corrected chi connectivity index (χ0v) is 18.0. The minimum Gasteiger partial charge on any atom is -0.446 e. The third-order valence-corrected chi connectivity index (χ3v) is 5.44. The Bertz CT molecular complexity index is 1430. The van der Waals surface area contributed by atoms with Gasteiger partial charge in [0.05, 0.1) is 6.57 Å². The van der Waals surface area contributed by atoms with E-state index in [0.717, 1.165) is 34.8 Å². The average molecular weight is 438 g/mol. The second kappa shape index (κ2) is 8.20. The molecule has 1 N–H and O–H groups in total. The van der Waals surface area contributed by atoms with Crippen LogP contribution in [-0.2, 0) is 6.42 Å². The summed E-state index contributed by atoms with van der Waals surface area (Å²) >= 11 is 0. The number of allylic oxidation sites excluding steroid dienone is 1. The maximum Gasteiger partial charge on any atom is 0.288 e. The highest BCUT2D eigenvalue weighted by molar-refractivity contribution is 5.76. The van der Waals surface area contributed by atoms with E-state index in [-0.39, 0.29) is 23.1 Å². The van der Waals surface area contributed by atoms with Crippen LogP contribution in [0.4, 0.5) is 21.6 Å². The van der Waals surface area contributed by atoms with Crippen LogP contribution in [0.3, 0.4) is 0 Å². The molecule has 5 rings (SSSR count). The van der Waals surface area contributed by atoms with Gasteiger partial charge < -0.3 is 14.6 Å². The molecule has 162 valence electrons. The van der Waals surface area contributed by atoms with Crippen LogP contribution < -0.4 is 10.1 Å². The highest BCUT2D eigenvalue weighted by Gasteiger charge is 2.21. The van der Waals surface area contributed by atoms with Crippen LogP contribution in [0.2, 0.25) is 0 Å². The Morgan fingerprint density at radius 1 is 1.09 bits per heavy atom. The van der Waals surface area contributed by atoms with Gasteiger partial charge in [-0.2, -0.15) is 0 Å². The van der Waals surface area contributed by atoms with Crippen molar-refractivity contribution in [1.29, 1.82) is 0 Å². The molecule has 8 heteroatoms. The summed E-state index contributed by atoms with van der Waals surface area (Å²) < 4.78 is 22.7. The Balaban J connectivity index is 1.42. The van der Waals surface area contributed by atoms with Crippen molar-refractivity contribution >= 4 is 23.3 Å². The summed E-state index contributed by atoms with van der Waals surface area (Å²) in [5.41, 5.74) is 4.29. The maximum atomic E-state index is 15.0. The van der Waals surface area contributed by atoms with Gasteiger partial charge in [-0.1, -0.05) is 17.7 Å². The van der Waals surface area contributed by atoms with Gasteiger partial charge in [-0.05, 0) is 56.2 Å². The molecule has 2 heterocycles. The first-order valence-corrected chi connectivity index (χ1v) is 10.3. The second-order valence-corrected chi connectivity index (χ2v) is 7.72. The molecule has 0 atom stereocenters. The SMILES string of the molecule is [C-]#[N+]c1c(Nc2ccc(-n3ccnc3C)cc2)ncnc1Oc1ccc2c(c1F)C=C(C)C2. The highest BCUT2D eigenvalue weighted by atomic mass is 19.1. The van der Waals surface area contributed by atoms with Gasteiger partial charge in [0.1, 0.15) is 18.0 Å². The fourth-order valence-corrected chi connectivity index (χ4v) is 3.83. The van der Waals surface area contributed by atoms with Gasteiger partial charge in [0.25, 0.3) is 5.69 Å². The predicted molar refractivity (Wildman–Crippen MR) is 124 cm³/mol. The lowest BCUT2D eigenvalue weighted by Crippen LogP contribution is -2.00. The molecule has 0 radical (unpaired) electrons. The molecule has 0 spiro atoms. The van der Waals surface area contributed by atoms with E-state index in [0.29, 0.717) is 5.56 Å². The van der Waals surface area contributed by atoms with Crippen LogP contribution in [0.5, 0.6) is 11.6 Å². The smallest absolute Gasteiger partial charge is 0.288 e. The quantitative estimate of drug-likeness (QED) is 0.378. The monoisotopic (exact) mass is 438 g/mol. The van der Waals surface area contributed by atoms with Crippen molar-refractivity contribution < 1.29 is 9.13 Å². The van der Waals surface area contributed by atoms with Crippen molar-refractivity contribution in [2.24, 2.45) is 0 Å². The normalized spacial score (nSPS) is 12.1. The average Bonchev–Trinajstić information content (AvgIpc) is 3.42. The summed E-state index contributed by atoms with van der Waals surface area (Å²) in [7, 11) is 0. The van der Waals surface area contributed by atoms with Gasteiger partial charge in [0.2, 0.25) is 5.88 Å². The highest BCUT2D eigenvalue weighted by Crippen LogP contribution is 2.39. The van der Waals surface area contributed by atoms with E-state index in [4.69, 9.17) is 11.3 Å². The minimum absolute atomic E-state index is 0.00860. The Labute approximate surface area is 190 Å². The number of fused-ring (bicyclic) bond motifs is 1. The van der Waals surface area contributed by atoms with Gasteiger partial charge in [-0.25, -0.2) is 24.2 Å². The third kappa shape index (κ3) is 3.81. The number of hydrogen-bond donors (Lipinski definition) is 1. The summed E-state index contributed by atoms with van der Waals surface area (Å²) in [6.45, 7) is 11.5. The molecular formula is C25H19FN6O. The molecule has 0 saturated heterocycles. The van der Waals surface area contributed by atoms with Crippen molar-refractivity contribution in [3.05, 3.63) is 94.9 Å². The van der Waals surface area contributed by atoms with Crippen LogP contribution >= 0.6 is 0 Å². The summed E-state index contributed by atoms with van der Waals surface area (Å²) in [6.07, 6.45) is 7.45. The molecule has 0 amide bonds. The molecule has 33 heavy (non-hydrogen) atoms. The molecule has 0 saturated carbocycles. The van der Waals surface area contributed by atoms with E-state index in [1.54, 1.807) is 12.3 Å². The zero-order valence-electron chi connectivity index (χ0n) is 18.0. The van der Waals surface area contributed by atoms with Crippen LogP contribution in [0.15, 0.2) is 60.7 Å². The van der Waals surface area contributed by atoms with Gasteiger partial charge in [0, 0.05) is 29.3 Å². The van der Waals surface area contributed by atoms with E-state index in [2.05, 4.69) is 25.1 Å². The number of anilines is 2. The summed E-state index contributed by atoms with van der Waals surface area (Å²) in [6, 6.07) is 11.0. The van der Waals surface area contributed by atoms with E-state index >= 15 is 0 Å². The standard InChI is InChI=1S/C25H19FN6O/c1-15-12-17-4-9-21(22(26)20(17)13-15)33-25-23(27-3)24(29-14-30-25)31-18-5-7-19(8-6-18)32-11-10-28-16(32)2/h4-11,13-14H,12H2,1-2H3,(H,29,30,31). The molecule has 1 aliphatic carbocycles. The molecule has 1 aliphatic rings. The maximum absolute atomic E-state index is 15.0. The first kappa shape index (κ1) is 20.4. The first-order valence-electron chi connectivity index (χ1n) is 10.3. The predicted octanol–water partition coefficient (Wildman–Crippen LogP) is 6.16. The van der Waals surface area contributed by atoms with Crippen LogP contribution in [0, 0.1) is 19.3 Å². The number of halogens is 1. The number of nitrogens with one attached hydrogen (secondary N) is 1. The number of rotatable bonds is 5. The summed E-state index contributed by atoms with van der Waals surface area (Å²) in [5, 5.41) is 3.13. The Kier molecular flexibility index (Phi) is 5.07. The van der Waals surface area contributed by atoms with Gasteiger partial charge >= 0.3 is 0 Å². The van der Waals surface area contributed by atoms with Gasteiger partial charge in [-0.15, -0.1) is 0 Å². The van der Waals surface area contributed by atoms with E-state index < -0.39 is 5.82 Å². The summed E-state index contributed by atoms with van der Waals surface area (Å²) in [5.74, 6) is 0.714. The molecule has 2 aromatic carbocycles. The molecule has 0 unspecified atom stereocenters. The molecule has 0 aliphatic heterocycles. The molecule has 0 bridgehead atoms. The second-order valence-electron chi connectivity index (χ2n) is 7.72. The van der Waals surface area contributed by atoms with Crippen LogP contribution in [-0.4, -0.2) is 19.5 Å². The largest absolute Gasteiger partial charge is 0.446 e. The number of benzene rings is 2. The number of aromatic nitrogens is 4. The van der Waals surface area contributed by atoms with E-state index in [1.165, 1.54) is 6.33 Å². The van der Waals surface area contributed by atoms with Crippen molar-refractivity contribution in [3.8, 4) is 17.3 Å². The van der Waals surface area contributed by atoms with Crippen LogP contribution in [0.1, 0.15) is 23.9 Å². The van der Waals surface area contributed by atoms with Gasteiger partial charge in [0.15, 0.2) is 11.6 Å². The summed E-state index contributed by atoms with van der Waals surface area (Å²) in [4.78, 5) is 16.0. The fourth-order valence-electron chi connectivity index (χ4n) is 3.83. The van der Waals surface area contributed by atoms with Crippen molar-refractivity contribution in [2.45, 2.75) is 20.3 Å². The molecule has 7 nitrogen and oxygen atoms in total. The Morgan fingerprint density at radius 3 is 2.64 bits per heavy atom. The lowest BCUT2D eigenvalue weighted by atomic mass is 10.1. The van der Waals surface area contributed by atoms with Gasteiger partial charge in [-0.3, -0.25) is 0 Å². The molecular weight excluding hydrogens is 419 g/mol. The molecule has 2 aromatic heterocycles. The van der Waals surface area contributed by atoms with E-state index in [1.807, 2.05) is 61.0 Å². The lowest BCUT2D eigenvalue weighted by Gasteiger charge is -2.13. The Morgan fingerprint density at radius 2 is 1.91 bits per heavy atom. The molecule has 4 aromatic rings. The topological polar surface area (TPSA) is 69.2 Å². The van der Waals surface area contributed by atoms with Crippen molar-refractivity contribution in [3.63, 3.8) is 0 Å². The van der Waals surface area contributed by atoms with Crippen LogP contribution in [0.25, 0.3) is 16.6 Å². The third-order valence-electron chi connectivity index (χ3n) is 5.44. The first-order chi connectivity index (χ1) is 16.0. The number of imidazole rings is 1. The van der Waals surface area contributed by atoms with Crippen molar-refractivity contribution in [1.82, 2.24) is 19.5 Å². The lowest BCUT2D eigenvalue weighted by molar-refractivity contribution is 0.428. The Hall–Kier alpha value is -4.51. The minimum atomic E-state index is -0.459. The number of aryl methyl sites for hydroxylation is 1. The van der Waals surface area contributed by atoms with E-state index in [9.17, 15) is 4.39 Å². The number of hydrogen-bond acceptors (Lipinski definition) is 5. The number of nitrogens with zero attached hydrogens (tertiary/aromatic N) is 5. The number of ether oxygens (including phenoxy) is 1. The fraction of sp³-hybridized carbons (Fsp3) is 0.120. The molecule has 0 fully saturated rings.